The van der Waals surface area contributed by atoms with Crippen molar-refractivity contribution in [2.45, 2.75) is 45.7 Å². The van der Waals surface area contributed by atoms with Crippen LogP contribution in [0.2, 0.25) is 0 Å². The lowest BCUT2D eigenvalue weighted by molar-refractivity contribution is 0.0599. The van der Waals surface area contributed by atoms with Gasteiger partial charge in [0.1, 0.15) is 5.44 Å². The van der Waals surface area contributed by atoms with Gasteiger partial charge in [0, 0.05) is 5.75 Å². The maximum atomic E-state index is 5.95. The zero-order chi connectivity index (χ0) is 12.7. The lowest BCUT2D eigenvalue weighted by atomic mass is 10.1. The lowest BCUT2D eigenvalue weighted by Gasteiger charge is -2.19. The Balaban J connectivity index is 2.72. The van der Waals surface area contributed by atoms with Crippen LogP contribution in [0.4, 0.5) is 0 Å². The van der Waals surface area contributed by atoms with E-state index < -0.39 is 0 Å². The Morgan fingerprint density at radius 3 is 2.24 bits per heavy atom. The molecule has 3 heteroatoms. The molecule has 0 N–H and O–H groups in total. The van der Waals surface area contributed by atoms with Crippen molar-refractivity contribution in [3.63, 3.8) is 0 Å². The van der Waals surface area contributed by atoms with Gasteiger partial charge in [0.2, 0.25) is 0 Å². The van der Waals surface area contributed by atoms with Gasteiger partial charge in [-0.25, -0.2) is 0 Å². The molecular formula is C14H22OS2. The predicted octanol–water partition coefficient (Wildman–Crippen LogP) is 5.07. The van der Waals surface area contributed by atoms with E-state index in [0.29, 0.717) is 0 Å². The van der Waals surface area contributed by atoms with Gasteiger partial charge in [0.25, 0.3) is 0 Å². The maximum Gasteiger partial charge on any atom is 0.138 e. The van der Waals surface area contributed by atoms with Crippen LogP contribution in [-0.2, 0) is 11.2 Å². The van der Waals surface area contributed by atoms with Crippen molar-refractivity contribution >= 4 is 21.6 Å². The zero-order valence-electron chi connectivity index (χ0n) is 11.1. The molecule has 1 atom stereocenters. The highest BCUT2D eigenvalue weighted by atomic mass is 33.1. The van der Waals surface area contributed by atoms with Crippen LogP contribution in [0.1, 0.15) is 44.3 Å². The van der Waals surface area contributed by atoms with Crippen molar-refractivity contribution in [2.24, 2.45) is 0 Å². The molecule has 0 radical (unpaired) electrons. The number of aryl methyl sites for hydroxylation is 1. The molecular weight excluding hydrogens is 248 g/mol. The Morgan fingerprint density at radius 2 is 1.76 bits per heavy atom. The molecule has 1 rings (SSSR count). The van der Waals surface area contributed by atoms with Crippen molar-refractivity contribution in [1.29, 1.82) is 0 Å². The second kappa shape index (κ2) is 8.06. The van der Waals surface area contributed by atoms with Crippen LogP contribution >= 0.6 is 21.6 Å². The van der Waals surface area contributed by atoms with Gasteiger partial charge >= 0.3 is 0 Å². The molecule has 0 heterocycles. The Hall–Kier alpha value is -0.120. The molecule has 0 aliphatic carbocycles. The first-order valence-electron chi connectivity index (χ1n) is 6.19. The summed E-state index contributed by atoms with van der Waals surface area (Å²) in [6.07, 6.45) is 1.35. The molecule has 0 aliphatic rings. The van der Waals surface area contributed by atoms with E-state index in [9.17, 15) is 0 Å². The predicted molar refractivity (Wildman–Crippen MR) is 80.5 cm³/mol. The van der Waals surface area contributed by atoms with E-state index in [0.717, 1.165) is 12.2 Å². The van der Waals surface area contributed by atoms with Gasteiger partial charge in [0.15, 0.2) is 0 Å². The van der Waals surface area contributed by atoms with Gasteiger partial charge in [0.05, 0.1) is 6.10 Å². The van der Waals surface area contributed by atoms with Crippen LogP contribution in [0, 0.1) is 0 Å². The highest BCUT2D eigenvalue weighted by Crippen LogP contribution is 2.39. The third kappa shape index (κ3) is 5.36. The molecule has 0 bridgehead atoms. The molecule has 96 valence electrons. The summed E-state index contributed by atoms with van der Waals surface area (Å²) in [5, 5.41) is 0. The fraction of sp³-hybridized carbons (Fsp3) is 0.571. The SMILES string of the molecule is CCSSC(OC(C)C)c1ccc(CC)cc1. The summed E-state index contributed by atoms with van der Waals surface area (Å²) in [7, 11) is 3.67. The van der Waals surface area contributed by atoms with E-state index in [1.807, 2.05) is 21.6 Å². The summed E-state index contributed by atoms with van der Waals surface area (Å²) in [6, 6.07) is 8.77. The van der Waals surface area contributed by atoms with Gasteiger partial charge in [-0.05, 0) is 31.4 Å². The Labute approximate surface area is 113 Å². The molecule has 1 unspecified atom stereocenters. The molecule has 1 aromatic carbocycles. The van der Waals surface area contributed by atoms with E-state index in [2.05, 4.69) is 52.0 Å². The van der Waals surface area contributed by atoms with Gasteiger partial charge in [-0.3, -0.25) is 0 Å². The third-order valence-electron chi connectivity index (χ3n) is 2.33. The van der Waals surface area contributed by atoms with E-state index in [1.165, 1.54) is 11.1 Å². The normalized spacial score (nSPS) is 13.0. The Morgan fingerprint density at radius 1 is 1.12 bits per heavy atom. The molecule has 1 aromatic rings. The van der Waals surface area contributed by atoms with Crippen LogP contribution in [0.15, 0.2) is 24.3 Å². The highest BCUT2D eigenvalue weighted by Gasteiger charge is 2.14. The summed E-state index contributed by atoms with van der Waals surface area (Å²) >= 11 is 0. The number of ether oxygens (including phenoxy) is 1. The number of hydrogen-bond donors (Lipinski definition) is 0. The fourth-order valence-corrected chi connectivity index (χ4v) is 3.49. The molecule has 0 saturated heterocycles. The van der Waals surface area contributed by atoms with Crippen molar-refractivity contribution in [3.05, 3.63) is 35.4 Å². The Bertz CT molecular complexity index is 309. The van der Waals surface area contributed by atoms with Crippen molar-refractivity contribution in [2.75, 3.05) is 5.75 Å². The number of hydrogen-bond acceptors (Lipinski definition) is 3. The zero-order valence-corrected chi connectivity index (χ0v) is 12.7. The summed E-state index contributed by atoms with van der Waals surface area (Å²) < 4.78 is 5.95. The average molecular weight is 270 g/mol. The van der Waals surface area contributed by atoms with E-state index in [1.54, 1.807) is 0 Å². The van der Waals surface area contributed by atoms with Gasteiger partial charge in [-0.1, -0.05) is 59.7 Å². The van der Waals surface area contributed by atoms with Crippen LogP contribution < -0.4 is 0 Å². The summed E-state index contributed by atoms with van der Waals surface area (Å²) in [5.74, 6) is 1.11. The van der Waals surface area contributed by atoms with Gasteiger partial charge < -0.3 is 4.74 Å². The quantitative estimate of drug-likeness (QED) is 0.505. The van der Waals surface area contributed by atoms with Crippen LogP contribution in [0.3, 0.4) is 0 Å². The molecule has 0 saturated carbocycles. The number of benzene rings is 1. The van der Waals surface area contributed by atoms with E-state index in [4.69, 9.17) is 4.74 Å². The van der Waals surface area contributed by atoms with Crippen LogP contribution in [0.5, 0.6) is 0 Å². The molecule has 0 aliphatic heterocycles. The van der Waals surface area contributed by atoms with Crippen LogP contribution in [0.25, 0.3) is 0 Å². The van der Waals surface area contributed by atoms with Crippen LogP contribution in [-0.4, -0.2) is 11.9 Å². The second-order valence-corrected chi connectivity index (χ2v) is 6.83. The average Bonchev–Trinajstić information content (AvgIpc) is 2.34. The van der Waals surface area contributed by atoms with Crippen molar-refractivity contribution in [3.8, 4) is 0 Å². The van der Waals surface area contributed by atoms with Gasteiger partial charge in [-0.15, -0.1) is 0 Å². The second-order valence-electron chi connectivity index (χ2n) is 4.11. The summed E-state index contributed by atoms with van der Waals surface area (Å²) in [6.45, 7) is 8.53. The first-order valence-corrected chi connectivity index (χ1v) is 8.58. The van der Waals surface area contributed by atoms with Crippen molar-refractivity contribution < 1.29 is 4.74 Å². The fourth-order valence-electron chi connectivity index (χ4n) is 1.44. The lowest BCUT2D eigenvalue weighted by Crippen LogP contribution is -2.07. The smallest absolute Gasteiger partial charge is 0.138 e. The Kier molecular flexibility index (Phi) is 7.09. The molecule has 0 aromatic heterocycles. The largest absolute Gasteiger partial charge is 0.359 e. The first kappa shape index (κ1) is 14.9. The summed E-state index contributed by atoms with van der Waals surface area (Å²) in [5.41, 5.74) is 2.79. The standard InChI is InChI=1S/C14H22OS2/c1-5-12-7-9-13(10-8-12)14(15-11(3)4)17-16-6-2/h7-11,14H,5-6H2,1-4H3. The highest BCUT2D eigenvalue weighted by molar-refractivity contribution is 8.76. The molecule has 17 heavy (non-hydrogen) atoms. The van der Waals surface area contributed by atoms with Crippen molar-refractivity contribution in [1.82, 2.24) is 0 Å². The summed E-state index contributed by atoms with van der Waals surface area (Å²) in [4.78, 5) is 0. The minimum Gasteiger partial charge on any atom is -0.359 e. The molecule has 0 amide bonds. The van der Waals surface area contributed by atoms with E-state index in [-0.39, 0.29) is 11.5 Å². The third-order valence-corrected chi connectivity index (χ3v) is 4.90. The first-order chi connectivity index (χ1) is 8.17. The van der Waals surface area contributed by atoms with E-state index >= 15 is 0 Å². The minimum absolute atomic E-state index is 0.144. The monoisotopic (exact) mass is 270 g/mol. The number of rotatable bonds is 7. The molecule has 0 fully saturated rings. The molecule has 1 nitrogen and oxygen atoms in total. The maximum absolute atomic E-state index is 5.95. The minimum atomic E-state index is 0.144. The van der Waals surface area contributed by atoms with Gasteiger partial charge in [-0.2, -0.15) is 0 Å². The topological polar surface area (TPSA) is 9.23 Å². The molecule has 0 spiro atoms.